The fraction of sp³-hybridized carbons (Fsp3) is 0.240. The van der Waals surface area contributed by atoms with E-state index >= 15 is 0 Å². The third-order valence-corrected chi connectivity index (χ3v) is 6.41. The van der Waals surface area contributed by atoms with Crippen LogP contribution in [0.4, 0.5) is 13.2 Å². The molecule has 34 heavy (non-hydrogen) atoms. The van der Waals surface area contributed by atoms with E-state index in [1.165, 1.54) is 23.1 Å². The first-order chi connectivity index (χ1) is 16.2. The molecule has 0 spiro atoms. The van der Waals surface area contributed by atoms with Crippen LogP contribution in [0.25, 0.3) is 11.3 Å². The van der Waals surface area contributed by atoms with Crippen molar-refractivity contribution in [2.24, 2.45) is 7.05 Å². The zero-order valence-electron chi connectivity index (χ0n) is 18.8. The van der Waals surface area contributed by atoms with Crippen molar-refractivity contribution >= 4 is 5.91 Å². The SMILES string of the molecule is Cc1nn(C)c(C)c1C1CN(C(=O)c2cc(-c3ccc(F)cc3F)on2)Cc2c(F)cccc21. The Labute approximate surface area is 193 Å². The maximum atomic E-state index is 14.8. The summed E-state index contributed by atoms with van der Waals surface area (Å²) in [6.45, 7) is 4.18. The summed E-state index contributed by atoms with van der Waals surface area (Å²) in [6, 6.07) is 9.27. The third kappa shape index (κ3) is 3.57. The van der Waals surface area contributed by atoms with Gasteiger partial charge in [0.1, 0.15) is 17.5 Å². The summed E-state index contributed by atoms with van der Waals surface area (Å²) in [5.74, 6) is -2.70. The summed E-state index contributed by atoms with van der Waals surface area (Å²) in [7, 11) is 1.84. The van der Waals surface area contributed by atoms with Gasteiger partial charge in [-0.2, -0.15) is 5.10 Å². The summed E-state index contributed by atoms with van der Waals surface area (Å²) < 4.78 is 49.2. The van der Waals surface area contributed by atoms with E-state index in [9.17, 15) is 18.0 Å². The van der Waals surface area contributed by atoms with Crippen molar-refractivity contribution in [3.63, 3.8) is 0 Å². The molecule has 6 nitrogen and oxygen atoms in total. The van der Waals surface area contributed by atoms with E-state index in [1.807, 2.05) is 27.0 Å². The van der Waals surface area contributed by atoms with Crippen LogP contribution in [0.1, 0.15) is 44.5 Å². The summed E-state index contributed by atoms with van der Waals surface area (Å²) in [5.41, 5.74) is 3.88. The van der Waals surface area contributed by atoms with Crippen molar-refractivity contribution in [2.45, 2.75) is 26.3 Å². The maximum Gasteiger partial charge on any atom is 0.276 e. The van der Waals surface area contributed by atoms with Crippen molar-refractivity contribution in [2.75, 3.05) is 6.54 Å². The monoisotopic (exact) mass is 466 g/mol. The van der Waals surface area contributed by atoms with E-state index in [1.54, 1.807) is 10.7 Å². The highest BCUT2D eigenvalue weighted by Crippen LogP contribution is 2.38. The number of fused-ring (bicyclic) bond motifs is 1. The van der Waals surface area contributed by atoms with Crippen molar-refractivity contribution in [1.82, 2.24) is 19.8 Å². The average Bonchev–Trinajstić information content (AvgIpc) is 3.37. The molecule has 0 saturated heterocycles. The van der Waals surface area contributed by atoms with Crippen LogP contribution in [-0.4, -0.2) is 32.3 Å². The number of amides is 1. The van der Waals surface area contributed by atoms with Crippen LogP contribution in [-0.2, 0) is 13.6 Å². The van der Waals surface area contributed by atoms with E-state index in [-0.39, 0.29) is 36.0 Å². The van der Waals surface area contributed by atoms with Crippen molar-refractivity contribution in [1.29, 1.82) is 0 Å². The molecule has 2 aromatic heterocycles. The van der Waals surface area contributed by atoms with Crippen LogP contribution in [0.2, 0.25) is 0 Å². The van der Waals surface area contributed by atoms with E-state index in [2.05, 4.69) is 10.3 Å². The number of hydrogen-bond donors (Lipinski definition) is 0. The molecule has 1 aliphatic heterocycles. The lowest BCUT2D eigenvalue weighted by atomic mass is 9.83. The molecule has 0 N–H and O–H groups in total. The zero-order chi connectivity index (χ0) is 24.1. The number of carbonyl (C=O) groups is 1. The number of hydrogen-bond acceptors (Lipinski definition) is 4. The summed E-state index contributed by atoms with van der Waals surface area (Å²) in [6.07, 6.45) is 0. The quantitative estimate of drug-likeness (QED) is 0.431. The number of nitrogens with zero attached hydrogens (tertiary/aromatic N) is 4. The van der Waals surface area contributed by atoms with Crippen LogP contribution in [0.3, 0.4) is 0 Å². The number of halogens is 3. The Kier molecular flexibility index (Phi) is 5.27. The normalized spacial score (nSPS) is 15.5. The molecule has 0 fully saturated rings. The minimum absolute atomic E-state index is 0.0000570. The molecule has 0 radical (unpaired) electrons. The van der Waals surface area contributed by atoms with Gasteiger partial charge in [0.25, 0.3) is 5.91 Å². The van der Waals surface area contributed by atoms with Gasteiger partial charge >= 0.3 is 0 Å². The van der Waals surface area contributed by atoms with Gasteiger partial charge in [-0.15, -0.1) is 0 Å². The number of benzene rings is 2. The molecular weight excluding hydrogens is 445 g/mol. The summed E-state index contributed by atoms with van der Waals surface area (Å²) in [4.78, 5) is 14.9. The lowest BCUT2D eigenvalue weighted by molar-refractivity contribution is 0.0712. The first-order valence-electron chi connectivity index (χ1n) is 10.7. The van der Waals surface area contributed by atoms with Crippen molar-refractivity contribution in [3.05, 3.63) is 93.7 Å². The molecule has 5 rings (SSSR count). The highest BCUT2D eigenvalue weighted by Gasteiger charge is 2.35. The van der Waals surface area contributed by atoms with Gasteiger partial charge in [0, 0.05) is 55.0 Å². The second-order valence-electron chi connectivity index (χ2n) is 8.45. The summed E-state index contributed by atoms with van der Waals surface area (Å²) >= 11 is 0. The molecule has 1 unspecified atom stereocenters. The van der Waals surface area contributed by atoms with Crippen LogP contribution < -0.4 is 0 Å². The second-order valence-corrected chi connectivity index (χ2v) is 8.45. The molecule has 2 aromatic carbocycles. The minimum Gasteiger partial charge on any atom is -0.355 e. The van der Waals surface area contributed by atoms with Gasteiger partial charge in [0.2, 0.25) is 0 Å². The van der Waals surface area contributed by atoms with Gasteiger partial charge in [0.15, 0.2) is 11.5 Å². The Morgan fingerprint density at radius 1 is 1.09 bits per heavy atom. The van der Waals surface area contributed by atoms with Crippen LogP contribution >= 0.6 is 0 Å². The van der Waals surface area contributed by atoms with Crippen molar-refractivity contribution in [3.8, 4) is 11.3 Å². The third-order valence-electron chi connectivity index (χ3n) is 6.41. The van der Waals surface area contributed by atoms with Crippen LogP contribution in [0, 0.1) is 31.3 Å². The van der Waals surface area contributed by atoms with E-state index in [4.69, 9.17) is 4.52 Å². The van der Waals surface area contributed by atoms with E-state index < -0.39 is 23.4 Å². The molecule has 1 aliphatic rings. The van der Waals surface area contributed by atoms with Gasteiger partial charge < -0.3 is 9.42 Å². The molecule has 174 valence electrons. The second kappa shape index (κ2) is 8.16. The predicted octanol–water partition coefficient (Wildman–Crippen LogP) is 4.90. The van der Waals surface area contributed by atoms with E-state index in [0.717, 1.165) is 34.6 Å². The Hall–Kier alpha value is -3.88. The number of aryl methyl sites for hydroxylation is 2. The Morgan fingerprint density at radius 3 is 2.59 bits per heavy atom. The van der Waals surface area contributed by atoms with Gasteiger partial charge in [-0.25, -0.2) is 13.2 Å². The highest BCUT2D eigenvalue weighted by molar-refractivity contribution is 5.93. The molecule has 9 heteroatoms. The molecule has 0 bridgehead atoms. The maximum absolute atomic E-state index is 14.8. The Morgan fingerprint density at radius 2 is 1.88 bits per heavy atom. The summed E-state index contributed by atoms with van der Waals surface area (Å²) in [5, 5.41) is 8.30. The van der Waals surface area contributed by atoms with Gasteiger partial charge in [-0.05, 0) is 37.6 Å². The zero-order valence-corrected chi connectivity index (χ0v) is 18.8. The van der Waals surface area contributed by atoms with Crippen molar-refractivity contribution < 1.29 is 22.5 Å². The molecule has 3 heterocycles. The topological polar surface area (TPSA) is 64.2 Å². The molecule has 0 saturated carbocycles. The van der Waals surface area contributed by atoms with Gasteiger partial charge in [-0.1, -0.05) is 17.3 Å². The lowest BCUT2D eigenvalue weighted by Gasteiger charge is -2.35. The molecule has 1 amide bonds. The van der Waals surface area contributed by atoms with Gasteiger partial charge in [0.05, 0.1) is 11.3 Å². The fourth-order valence-corrected chi connectivity index (χ4v) is 4.69. The molecule has 4 aromatic rings. The standard InChI is InChI=1S/C25H21F3N4O2/c1-13-24(14(2)31(3)29-13)19-12-32(11-18-16(19)5-4-6-20(18)27)25(33)22-10-23(34-30-22)17-8-7-15(26)9-21(17)28/h4-10,19H,11-12H2,1-3H3. The fourth-order valence-electron chi connectivity index (χ4n) is 4.69. The Bertz CT molecular complexity index is 1430. The smallest absolute Gasteiger partial charge is 0.276 e. The highest BCUT2D eigenvalue weighted by atomic mass is 19.1. The molecule has 1 atom stereocenters. The Balaban J connectivity index is 1.52. The largest absolute Gasteiger partial charge is 0.355 e. The number of rotatable bonds is 3. The average molecular weight is 466 g/mol. The predicted molar refractivity (Wildman–Crippen MR) is 118 cm³/mol. The lowest BCUT2D eigenvalue weighted by Crippen LogP contribution is -2.39. The first-order valence-corrected chi connectivity index (χ1v) is 10.7. The molecule has 0 aliphatic carbocycles. The molecular formula is C25H21F3N4O2. The minimum atomic E-state index is -0.827. The number of aromatic nitrogens is 3. The van der Waals surface area contributed by atoms with E-state index in [0.29, 0.717) is 5.56 Å². The van der Waals surface area contributed by atoms with Gasteiger partial charge in [-0.3, -0.25) is 9.48 Å². The first kappa shape index (κ1) is 21.9. The number of carbonyl (C=O) groups excluding carboxylic acids is 1. The van der Waals surface area contributed by atoms with Crippen LogP contribution in [0.5, 0.6) is 0 Å². The van der Waals surface area contributed by atoms with Crippen LogP contribution in [0.15, 0.2) is 47.0 Å².